The van der Waals surface area contributed by atoms with Crippen LogP contribution in [-0.2, 0) is 6.18 Å². The smallest absolute Gasteiger partial charge is 0.330 e. The van der Waals surface area contributed by atoms with Crippen molar-refractivity contribution in [2.45, 2.75) is 6.18 Å². The van der Waals surface area contributed by atoms with Crippen molar-refractivity contribution in [2.24, 2.45) is 5.10 Å². The van der Waals surface area contributed by atoms with Gasteiger partial charge in [0.2, 0.25) is 0 Å². The third-order valence-corrected chi connectivity index (χ3v) is 3.31. The Morgan fingerprint density at radius 2 is 1.79 bits per heavy atom. The van der Waals surface area contributed by atoms with Crippen molar-refractivity contribution >= 4 is 40.8 Å². The Morgan fingerprint density at radius 1 is 1.12 bits per heavy atom. The summed E-state index contributed by atoms with van der Waals surface area (Å²) in [7, 11) is 0. The van der Waals surface area contributed by atoms with Gasteiger partial charge in [0, 0.05) is 0 Å². The number of hydrogen-bond acceptors (Lipinski definition) is 2. The van der Waals surface area contributed by atoms with Gasteiger partial charge in [-0.05, 0) is 48.1 Å². The predicted molar refractivity (Wildman–Crippen MR) is 89.8 cm³/mol. The first kappa shape index (κ1) is 18.2. The molecular weight excluding hydrogens is 366 g/mol. The molecule has 3 nitrogen and oxygen atoms in total. The third kappa shape index (κ3) is 5.17. The maximum Gasteiger partial charge on any atom is 0.416 e. The molecule has 2 N–H and O–H groups in total. The molecule has 2 aromatic rings. The molecule has 0 spiro atoms. The number of rotatable bonds is 3. The summed E-state index contributed by atoms with van der Waals surface area (Å²) in [5.74, 6) is -0.378. The monoisotopic (exact) mass is 375 g/mol. The minimum Gasteiger partial charge on any atom is -0.330 e. The fourth-order valence-electron chi connectivity index (χ4n) is 1.66. The van der Waals surface area contributed by atoms with Crippen LogP contribution < -0.4 is 10.7 Å². The molecular formula is C15H10ClF4N3S. The van der Waals surface area contributed by atoms with Crippen LogP contribution in [0.2, 0.25) is 5.02 Å². The van der Waals surface area contributed by atoms with Gasteiger partial charge in [-0.3, -0.25) is 5.43 Å². The highest BCUT2D eigenvalue weighted by Crippen LogP contribution is 2.33. The SMILES string of the molecule is Fc1ccc(/C=N/NC(=S)Nc2cc(C(F)(F)F)ccc2Cl)cc1. The van der Waals surface area contributed by atoms with Crippen molar-refractivity contribution < 1.29 is 17.6 Å². The van der Waals surface area contributed by atoms with Crippen LogP contribution in [0.5, 0.6) is 0 Å². The lowest BCUT2D eigenvalue weighted by Crippen LogP contribution is -2.24. The summed E-state index contributed by atoms with van der Waals surface area (Å²) in [4.78, 5) is 0. The molecule has 2 rings (SSSR count). The topological polar surface area (TPSA) is 36.4 Å². The average Bonchev–Trinajstić information content (AvgIpc) is 2.50. The molecule has 0 aromatic heterocycles. The minimum atomic E-state index is -4.49. The number of thiocarbonyl (C=S) groups is 1. The van der Waals surface area contributed by atoms with Gasteiger partial charge in [0.05, 0.1) is 22.5 Å². The maximum atomic E-state index is 12.8. The van der Waals surface area contributed by atoms with Gasteiger partial charge in [-0.1, -0.05) is 23.7 Å². The van der Waals surface area contributed by atoms with E-state index >= 15 is 0 Å². The van der Waals surface area contributed by atoms with Crippen molar-refractivity contribution in [3.63, 3.8) is 0 Å². The number of nitrogens with zero attached hydrogens (tertiary/aromatic N) is 1. The normalized spacial score (nSPS) is 11.5. The second-order valence-corrected chi connectivity index (χ2v) is 5.38. The molecule has 0 unspecified atom stereocenters. The molecule has 24 heavy (non-hydrogen) atoms. The lowest BCUT2D eigenvalue weighted by molar-refractivity contribution is -0.137. The number of hydrogen-bond donors (Lipinski definition) is 2. The largest absolute Gasteiger partial charge is 0.416 e. The Kier molecular flexibility index (Phi) is 5.74. The summed E-state index contributed by atoms with van der Waals surface area (Å²) in [6.07, 6.45) is -3.11. The number of hydrazone groups is 1. The van der Waals surface area contributed by atoms with E-state index in [1.165, 1.54) is 30.5 Å². The molecule has 0 bridgehead atoms. The molecule has 0 radical (unpaired) electrons. The first-order chi connectivity index (χ1) is 11.3. The summed E-state index contributed by atoms with van der Waals surface area (Å²) in [6, 6.07) is 8.37. The summed E-state index contributed by atoms with van der Waals surface area (Å²) >= 11 is 10.8. The zero-order chi connectivity index (χ0) is 17.7. The summed E-state index contributed by atoms with van der Waals surface area (Å²) in [6.45, 7) is 0. The Bertz CT molecular complexity index is 760. The molecule has 0 aliphatic carbocycles. The summed E-state index contributed by atoms with van der Waals surface area (Å²) in [5.41, 5.74) is 2.20. The maximum absolute atomic E-state index is 12.8. The lowest BCUT2D eigenvalue weighted by atomic mass is 10.2. The number of alkyl halides is 3. The van der Waals surface area contributed by atoms with Crippen LogP contribution in [0, 0.1) is 5.82 Å². The molecule has 0 atom stereocenters. The van der Waals surface area contributed by atoms with Crippen LogP contribution in [0.25, 0.3) is 0 Å². The van der Waals surface area contributed by atoms with E-state index in [1.54, 1.807) is 0 Å². The fraction of sp³-hybridized carbons (Fsp3) is 0.0667. The zero-order valence-corrected chi connectivity index (χ0v) is 13.4. The molecule has 0 aliphatic rings. The van der Waals surface area contributed by atoms with Crippen molar-refractivity contribution in [2.75, 3.05) is 5.32 Å². The summed E-state index contributed by atoms with van der Waals surface area (Å²) in [5, 5.41) is 6.37. The zero-order valence-electron chi connectivity index (χ0n) is 11.9. The molecule has 0 fully saturated rings. The average molecular weight is 376 g/mol. The molecule has 126 valence electrons. The van der Waals surface area contributed by atoms with E-state index in [0.717, 1.165) is 18.2 Å². The van der Waals surface area contributed by atoms with E-state index in [2.05, 4.69) is 15.8 Å². The van der Waals surface area contributed by atoms with Crippen LogP contribution in [0.15, 0.2) is 47.6 Å². The van der Waals surface area contributed by atoms with Crippen LogP contribution >= 0.6 is 23.8 Å². The van der Waals surface area contributed by atoms with Crippen LogP contribution in [0.3, 0.4) is 0 Å². The standard InChI is InChI=1S/C15H10ClF4N3S/c16-12-6-3-10(15(18,19)20)7-13(12)22-14(24)23-21-8-9-1-4-11(17)5-2-9/h1-8H,(H2,22,23,24)/b21-8+. The minimum absolute atomic E-state index is 0.000902. The highest BCUT2D eigenvalue weighted by atomic mass is 35.5. The van der Waals surface area contributed by atoms with Crippen LogP contribution in [0.4, 0.5) is 23.2 Å². The third-order valence-electron chi connectivity index (χ3n) is 2.79. The van der Waals surface area contributed by atoms with Crippen LogP contribution in [0.1, 0.15) is 11.1 Å². The second kappa shape index (κ2) is 7.59. The molecule has 2 aromatic carbocycles. The molecule has 0 saturated carbocycles. The van der Waals surface area contributed by atoms with E-state index < -0.39 is 11.7 Å². The quantitative estimate of drug-likeness (QED) is 0.349. The van der Waals surface area contributed by atoms with Gasteiger partial charge < -0.3 is 5.32 Å². The highest BCUT2D eigenvalue weighted by molar-refractivity contribution is 7.80. The van der Waals surface area contributed by atoms with E-state index in [-0.39, 0.29) is 21.6 Å². The number of halogens is 5. The van der Waals surface area contributed by atoms with Gasteiger partial charge in [-0.2, -0.15) is 18.3 Å². The Hall–Kier alpha value is -2.19. The fourth-order valence-corrected chi connectivity index (χ4v) is 1.99. The van der Waals surface area contributed by atoms with Gasteiger partial charge in [-0.25, -0.2) is 4.39 Å². The van der Waals surface area contributed by atoms with Crippen molar-refractivity contribution in [1.29, 1.82) is 0 Å². The number of nitrogens with one attached hydrogen (secondary N) is 2. The molecule has 0 aliphatic heterocycles. The molecule has 0 heterocycles. The molecule has 9 heteroatoms. The van der Waals surface area contributed by atoms with Crippen LogP contribution in [-0.4, -0.2) is 11.3 Å². The predicted octanol–water partition coefficient (Wildman–Crippen LogP) is 4.82. The van der Waals surface area contributed by atoms with Gasteiger partial charge >= 0.3 is 6.18 Å². The van der Waals surface area contributed by atoms with Gasteiger partial charge in [0.25, 0.3) is 0 Å². The number of benzene rings is 2. The van der Waals surface area contributed by atoms with E-state index in [0.29, 0.717) is 5.56 Å². The van der Waals surface area contributed by atoms with E-state index in [9.17, 15) is 17.6 Å². The Labute approximate surface area is 145 Å². The van der Waals surface area contributed by atoms with Gasteiger partial charge in [0.1, 0.15) is 5.82 Å². The van der Waals surface area contributed by atoms with Gasteiger partial charge in [0.15, 0.2) is 5.11 Å². The number of anilines is 1. The van der Waals surface area contributed by atoms with Crippen molar-refractivity contribution in [3.05, 3.63) is 64.4 Å². The Balaban J connectivity index is 2.00. The lowest BCUT2D eigenvalue weighted by Gasteiger charge is -2.12. The molecule has 0 saturated heterocycles. The Morgan fingerprint density at radius 3 is 2.42 bits per heavy atom. The van der Waals surface area contributed by atoms with E-state index in [1.807, 2.05) is 0 Å². The van der Waals surface area contributed by atoms with Crippen molar-refractivity contribution in [3.8, 4) is 0 Å². The highest BCUT2D eigenvalue weighted by Gasteiger charge is 2.31. The van der Waals surface area contributed by atoms with E-state index in [4.69, 9.17) is 23.8 Å². The second-order valence-electron chi connectivity index (χ2n) is 4.57. The first-order valence-corrected chi connectivity index (χ1v) is 7.27. The van der Waals surface area contributed by atoms with Crippen molar-refractivity contribution in [1.82, 2.24) is 5.43 Å². The summed E-state index contributed by atoms with van der Waals surface area (Å²) < 4.78 is 50.8. The first-order valence-electron chi connectivity index (χ1n) is 6.48. The van der Waals surface area contributed by atoms with Gasteiger partial charge in [-0.15, -0.1) is 0 Å². The molecule has 0 amide bonds.